The zero-order chi connectivity index (χ0) is 17.1. The summed E-state index contributed by atoms with van der Waals surface area (Å²) in [4.78, 5) is 23.6. The van der Waals surface area contributed by atoms with Crippen LogP contribution in [0.15, 0.2) is 17.1 Å². The summed E-state index contributed by atoms with van der Waals surface area (Å²) in [6.45, 7) is -0.510. The topological polar surface area (TPSA) is 183 Å². The predicted octanol–water partition coefficient (Wildman–Crippen LogP) is -1.22. The first-order chi connectivity index (χ1) is 10.8. The minimum atomic E-state index is -3.11. The number of nitrogens with two attached hydrogens (primary N) is 1. The Morgan fingerprint density at radius 3 is 2.70 bits per heavy atom. The zero-order valence-corrected chi connectivity index (χ0v) is 13.1. The van der Waals surface area contributed by atoms with Gasteiger partial charge in [-0.05, 0) is 6.07 Å². The van der Waals surface area contributed by atoms with Crippen LogP contribution in [0.5, 0.6) is 0 Å². The highest BCUT2D eigenvalue weighted by molar-refractivity contribution is 7.47. The first kappa shape index (κ1) is 18.0. The molecule has 14 heteroatoms. The fourth-order valence-electron chi connectivity index (χ4n) is 1.93. The van der Waals surface area contributed by atoms with Gasteiger partial charge in [-0.25, -0.2) is 4.79 Å². The van der Waals surface area contributed by atoms with E-state index in [2.05, 4.69) is 13.8 Å². The Bertz CT molecular complexity index is 668. The fraction of sp³-hybridized carbons (Fsp3) is 0.556. The van der Waals surface area contributed by atoms with Crippen LogP contribution in [0.4, 0.5) is 5.82 Å². The summed E-state index contributed by atoms with van der Waals surface area (Å²) in [5.74, 6) is -0.0218. The van der Waals surface area contributed by atoms with Crippen molar-refractivity contribution in [1.29, 1.82) is 0 Å². The second-order valence-corrected chi connectivity index (χ2v) is 6.26. The molecule has 5 N–H and O–H groups in total. The van der Waals surface area contributed by atoms with Gasteiger partial charge in [-0.3, -0.25) is 4.57 Å². The highest BCUT2D eigenvalue weighted by atomic mass is 31.2. The fourth-order valence-corrected chi connectivity index (χ4v) is 2.84. The molecule has 0 bridgehead atoms. The highest BCUT2D eigenvalue weighted by Crippen LogP contribution is 2.37. The normalized spacial score (nSPS) is 28.7. The van der Waals surface area contributed by atoms with Gasteiger partial charge in [0.1, 0.15) is 30.7 Å². The Morgan fingerprint density at radius 1 is 1.39 bits per heavy atom. The third-order valence-electron chi connectivity index (χ3n) is 2.94. The largest absolute Gasteiger partial charge is 0.747 e. The van der Waals surface area contributed by atoms with Gasteiger partial charge in [0, 0.05) is 15.3 Å². The van der Waals surface area contributed by atoms with E-state index in [-0.39, 0.29) is 5.82 Å². The molecule has 2 rings (SSSR count). The number of ether oxygens (including phenoxy) is 1. The van der Waals surface area contributed by atoms with E-state index < -0.39 is 53.3 Å². The SMILES string of the molecule is Nc1ccn([C@@H]2O[C@H](CO[P+](=O)O[P+](=O)O)[C@@H](O)[C@H]2O)c(=O)n1. The van der Waals surface area contributed by atoms with Gasteiger partial charge >= 0.3 is 22.2 Å². The van der Waals surface area contributed by atoms with Crippen molar-refractivity contribution in [3.05, 3.63) is 22.7 Å². The number of aromatic nitrogens is 2. The first-order valence-electron chi connectivity index (χ1n) is 6.10. The Hall–Kier alpha value is -1.36. The molecular formula is C9H13N3O9P2+2. The minimum Gasteiger partial charge on any atom is -0.387 e. The highest BCUT2D eigenvalue weighted by Gasteiger charge is 2.47. The van der Waals surface area contributed by atoms with Crippen LogP contribution >= 0.6 is 16.5 Å². The van der Waals surface area contributed by atoms with Crippen molar-refractivity contribution < 1.29 is 37.8 Å². The summed E-state index contributed by atoms with van der Waals surface area (Å²) < 4.78 is 36.2. The second-order valence-electron chi connectivity index (χ2n) is 4.43. The Balaban J connectivity index is 2.04. The van der Waals surface area contributed by atoms with Crippen molar-refractivity contribution in [2.24, 2.45) is 0 Å². The van der Waals surface area contributed by atoms with Crippen LogP contribution in [0.3, 0.4) is 0 Å². The monoisotopic (exact) mass is 369 g/mol. The average molecular weight is 369 g/mol. The quantitative estimate of drug-likeness (QED) is 0.441. The number of aliphatic hydroxyl groups excluding tert-OH is 2. The Kier molecular flexibility index (Phi) is 5.84. The molecule has 1 fully saturated rings. The van der Waals surface area contributed by atoms with E-state index in [0.717, 1.165) is 4.57 Å². The summed E-state index contributed by atoms with van der Waals surface area (Å²) >= 11 is 0. The molecule has 0 saturated carbocycles. The van der Waals surface area contributed by atoms with Crippen LogP contribution in [0, 0.1) is 0 Å². The molecule has 12 nitrogen and oxygen atoms in total. The van der Waals surface area contributed by atoms with Gasteiger partial charge in [0.25, 0.3) is 0 Å². The summed E-state index contributed by atoms with van der Waals surface area (Å²) in [6.07, 6.45) is -4.13. The van der Waals surface area contributed by atoms with Crippen molar-refractivity contribution in [3.8, 4) is 0 Å². The van der Waals surface area contributed by atoms with E-state index in [9.17, 15) is 24.1 Å². The van der Waals surface area contributed by atoms with E-state index >= 15 is 0 Å². The number of aliphatic hydroxyl groups is 2. The van der Waals surface area contributed by atoms with Crippen LogP contribution in [-0.4, -0.2) is 49.6 Å². The van der Waals surface area contributed by atoms with Crippen molar-refractivity contribution in [1.82, 2.24) is 9.55 Å². The lowest BCUT2D eigenvalue weighted by molar-refractivity contribution is -0.0515. The molecule has 1 aromatic rings. The van der Waals surface area contributed by atoms with Crippen molar-refractivity contribution in [2.75, 3.05) is 12.3 Å². The number of hydrogen-bond acceptors (Lipinski definition) is 10. The number of anilines is 1. The third kappa shape index (κ3) is 4.34. The van der Waals surface area contributed by atoms with Crippen molar-refractivity contribution in [3.63, 3.8) is 0 Å². The third-order valence-corrected chi connectivity index (χ3v) is 4.40. The lowest BCUT2D eigenvalue weighted by atomic mass is 10.1. The van der Waals surface area contributed by atoms with Crippen LogP contribution in [0.25, 0.3) is 0 Å². The number of nitrogens with zero attached hydrogens (tertiary/aromatic N) is 2. The van der Waals surface area contributed by atoms with Gasteiger partial charge in [-0.1, -0.05) is 0 Å². The van der Waals surface area contributed by atoms with E-state index in [1.54, 1.807) is 0 Å². The maximum atomic E-state index is 11.7. The molecule has 0 radical (unpaired) electrons. The van der Waals surface area contributed by atoms with Crippen molar-refractivity contribution >= 4 is 22.3 Å². The lowest BCUT2D eigenvalue weighted by Crippen LogP contribution is -2.36. The average Bonchev–Trinajstić information content (AvgIpc) is 2.73. The molecule has 0 amide bonds. The summed E-state index contributed by atoms with van der Waals surface area (Å²) in [5, 5.41) is 19.8. The molecule has 2 heterocycles. The van der Waals surface area contributed by atoms with Gasteiger partial charge in [0.15, 0.2) is 10.5 Å². The smallest absolute Gasteiger partial charge is 0.387 e. The van der Waals surface area contributed by atoms with Crippen molar-refractivity contribution in [2.45, 2.75) is 24.5 Å². The molecule has 126 valence electrons. The summed E-state index contributed by atoms with van der Waals surface area (Å²) in [6, 6.07) is 1.30. The standard InChI is InChI=1S/C9H11N3O9P2/c10-5-1-2-12(9(15)11-5)8-7(14)6(13)4(20-8)3-19-23(18)21-22(16)17/h1-2,4,6-8,13-14H,3H2,(H-2,10,11,15,16,17)/p+2/t4-,6-,7-,8-/m1/s1. The summed E-state index contributed by atoms with van der Waals surface area (Å²) in [5.41, 5.74) is 4.55. The molecule has 1 aliphatic heterocycles. The van der Waals surface area contributed by atoms with E-state index in [1.165, 1.54) is 12.3 Å². The lowest BCUT2D eigenvalue weighted by Gasteiger charge is -2.16. The molecule has 6 atom stereocenters. The Morgan fingerprint density at radius 2 is 2.09 bits per heavy atom. The van der Waals surface area contributed by atoms with Crippen LogP contribution in [0.1, 0.15) is 6.23 Å². The van der Waals surface area contributed by atoms with Crippen LogP contribution < -0.4 is 11.4 Å². The minimum absolute atomic E-state index is 0.0218. The van der Waals surface area contributed by atoms with Gasteiger partial charge in [0.05, 0.1) is 0 Å². The van der Waals surface area contributed by atoms with E-state index in [1.807, 2.05) is 0 Å². The number of nitrogen functional groups attached to an aromatic ring is 1. The molecule has 0 aromatic carbocycles. The maximum Gasteiger partial charge on any atom is 0.747 e. The second kappa shape index (κ2) is 7.47. The van der Waals surface area contributed by atoms with Gasteiger partial charge in [-0.2, -0.15) is 4.98 Å². The molecular weight excluding hydrogens is 356 g/mol. The van der Waals surface area contributed by atoms with Crippen LogP contribution in [0.2, 0.25) is 0 Å². The van der Waals surface area contributed by atoms with Crippen LogP contribution in [-0.2, 0) is 22.7 Å². The predicted molar refractivity (Wildman–Crippen MR) is 73.3 cm³/mol. The number of rotatable bonds is 6. The first-order valence-corrected chi connectivity index (χ1v) is 8.33. The van der Waals surface area contributed by atoms with E-state index in [4.69, 9.17) is 15.4 Å². The Labute approximate surface area is 130 Å². The molecule has 1 saturated heterocycles. The van der Waals surface area contributed by atoms with Gasteiger partial charge in [0.2, 0.25) is 0 Å². The van der Waals surface area contributed by atoms with Gasteiger partial charge in [-0.15, -0.1) is 9.42 Å². The molecule has 2 unspecified atom stereocenters. The number of hydrogen-bond donors (Lipinski definition) is 4. The molecule has 1 aliphatic rings. The molecule has 0 spiro atoms. The molecule has 23 heavy (non-hydrogen) atoms. The molecule has 0 aliphatic carbocycles. The zero-order valence-electron chi connectivity index (χ0n) is 11.3. The van der Waals surface area contributed by atoms with E-state index in [0.29, 0.717) is 0 Å². The molecule has 1 aromatic heterocycles. The summed E-state index contributed by atoms with van der Waals surface area (Å²) in [7, 11) is -6.02. The van der Waals surface area contributed by atoms with Gasteiger partial charge < -0.3 is 20.7 Å². The maximum absolute atomic E-state index is 11.7.